The van der Waals surface area contributed by atoms with Crippen molar-refractivity contribution in [2.45, 2.75) is 45.8 Å². The van der Waals surface area contributed by atoms with Gasteiger partial charge in [0.2, 0.25) is 0 Å². The SMILES string of the molecule is CC(C)(C)OC(=O)CCCn1cc(I)c2ccccc21. The van der Waals surface area contributed by atoms with Crippen LogP contribution in [-0.2, 0) is 16.1 Å². The lowest BCUT2D eigenvalue weighted by molar-refractivity contribution is -0.154. The van der Waals surface area contributed by atoms with Gasteiger partial charge in [0.1, 0.15) is 5.60 Å². The molecule has 20 heavy (non-hydrogen) atoms. The Bertz CT molecular complexity index is 610. The molecule has 1 aromatic carbocycles. The Morgan fingerprint density at radius 1 is 1.30 bits per heavy atom. The lowest BCUT2D eigenvalue weighted by atomic mass is 10.2. The summed E-state index contributed by atoms with van der Waals surface area (Å²) in [5, 5.41) is 1.27. The first-order valence-corrected chi connectivity index (χ1v) is 7.90. The third kappa shape index (κ3) is 3.98. The summed E-state index contributed by atoms with van der Waals surface area (Å²) in [5.41, 5.74) is 0.827. The standard InChI is InChI=1S/C16H20INO2/c1-16(2,3)20-15(19)9-6-10-18-11-13(17)12-7-4-5-8-14(12)18/h4-5,7-8,11H,6,9-10H2,1-3H3. The number of aromatic nitrogens is 1. The lowest BCUT2D eigenvalue weighted by Gasteiger charge is -2.19. The Kier molecular flexibility index (Phi) is 4.73. The molecule has 0 radical (unpaired) electrons. The molecule has 0 bridgehead atoms. The van der Waals surface area contributed by atoms with Crippen molar-refractivity contribution in [1.82, 2.24) is 4.57 Å². The fraction of sp³-hybridized carbons (Fsp3) is 0.438. The Morgan fingerprint density at radius 3 is 2.70 bits per heavy atom. The maximum absolute atomic E-state index is 11.7. The number of hydrogen-bond donors (Lipinski definition) is 0. The van der Waals surface area contributed by atoms with Crippen LogP contribution in [-0.4, -0.2) is 16.1 Å². The molecular weight excluding hydrogens is 365 g/mol. The molecule has 0 unspecified atom stereocenters. The number of esters is 1. The average molecular weight is 385 g/mol. The van der Waals surface area contributed by atoms with E-state index in [-0.39, 0.29) is 5.97 Å². The molecule has 1 aromatic heterocycles. The minimum atomic E-state index is -0.396. The summed E-state index contributed by atoms with van der Waals surface area (Å²) in [7, 11) is 0. The molecule has 4 heteroatoms. The van der Waals surface area contributed by atoms with E-state index in [1.54, 1.807) is 0 Å². The van der Waals surface area contributed by atoms with Gasteiger partial charge in [-0.3, -0.25) is 4.79 Å². The van der Waals surface area contributed by atoms with Gasteiger partial charge in [0.25, 0.3) is 0 Å². The number of benzene rings is 1. The molecule has 0 aliphatic rings. The van der Waals surface area contributed by atoms with Crippen molar-refractivity contribution in [2.24, 2.45) is 0 Å². The molecule has 0 saturated heterocycles. The Morgan fingerprint density at radius 2 is 2.00 bits per heavy atom. The fourth-order valence-electron chi connectivity index (χ4n) is 2.17. The van der Waals surface area contributed by atoms with E-state index in [0.29, 0.717) is 6.42 Å². The van der Waals surface area contributed by atoms with E-state index >= 15 is 0 Å². The highest BCUT2D eigenvalue weighted by atomic mass is 127. The number of halogens is 1. The molecule has 0 aliphatic carbocycles. The van der Waals surface area contributed by atoms with Crippen LogP contribution in [0.15, 0.2) is 30.5 Å². The van der Waals surface area contributed by atoms with Crippen LogP contribution in [0.2, 0.25) is 0 Å². The number of fused-ring (bicyclic) bond motifs is 1. The minimum absolute atomic E-state index is 0.122. The van der Waals surface area contributed by atoms with E-state index < -0.39 is 5.60 Å². The number of para-hydroxylation sites is 1. The van der Waals surface area contributed by atoms with E-state index in [1.807, 2.05) is 26.8 Å². The molecule has 0 spiro atoms. The van der Waals surface area contributed by atoms with E-state index in [9.17, 15) is 4.79 Å². The summed E-state index contributed by atoms with van der Waals surface area (Å²) in [4.78, 5) is 11.7. The summed E-state index contributed by atoms with van der Waals surface area (Å²) in [5.74, 6) is -0.122. The second-order valence-electron chi connectivity index (χ2n) is 5.88. The van der Waals surface area contributed by atoms with Gasteiger partial charge in [-0.2, -0.15) is 0 Å². The third-order valence-electron chi connectivity index (χ3n) is 2.94. The normalized spacial score (nSPS) is 11.8. The number of carbonyl (C=O) groups is 1. The summed E-state index contributed by atoms with van der Waals surface area (Å²) >= 11 is 2.35. The highest BCUT2D eigenvalue weighted by Gasteiger charge is 2.15. The fourth-order valence-corrected chi connectivity index (χ4v) is 2.97. The Labute approximate surface area is 133 Å². The first-order chi connectivity index (χ1) is 9.37. The monoisotopic (exact) mass is 385 g/mol. The predicted molar refractivity (Wildman–Crippen MR) is 89.7 cm³/mol. The van der Waals surface area contributed by atoms with E-state index in [1.165, 1.54) is 14.5 Å². The van der Waals surface area contributed by atoms with Crippen molar-refractivity contribution in [3.8, 4) is 0 Å². The lowest BCUT2D eigenvalue weighted by Crippen LogP contribution is -2.23. The van der Waals surface area contributed by atoms with Crippen molar-refractivity contribution in [2.75, 3.05) is 0 Å². The van der Waals surface area contributed by atoms with Crippen LogP contribution < -0.4 is 0 Å². The molecule has 2 rings (SSSR count). The van der Waals surface area contributed by atoms with Crippen molar-refractivity contribution in [3.05, 3.63) is 34.0 Å². The molecule has 0 amide bonds. The van der Waals surface area contributed by atoms with Crippen LogP contribution in [0.3, 0.4) is 0 Å². The molecule has 1 heterocycles. The molecular formula is C16H20INO2. The van der Waals surface area contributed by atoms with E-state index in [2.05, 4.69) is 51.6 Å². The first-order valence-electron chi connectivity index (χ1n) is 6.82. The van der Waals surface area contributed by atoms with Gasteiger partial charge in [0.05, 0.1) is 0 Å². The Balaban J connectivity index is 1.95. The summed E-state index contributed by atoms with van der Waals surface area (Å²) in [6.45, 7) is 6.52. The Hall–Kier alpha value is -1.04. The van der Waals surface area contributed by atoms with Crippen molar-refractivity contribution in [3.63, 3.8) is 0 Å². The van der Waals surface area contributed by atoms with Gasteiger partial charge < -0.3 is 9.30 Å². The van der Waals surface area contributed by atoms with Gasteiger partial charge in [0.15, 0.2) is 0 Å². The third-order valence-corrected chi connectivity index (χ3v) is 3.80. The van der Waals surface area contributed by atoms with Crippen LogP contribution >= 0.6 is 22.6 Å². The van der Waals surface area contributed by atoms with Gasteiger partial charge in [-0.25, -0.2) is 0 Å². The summed E-state index contributed by atoms with van der Waals surface area (Å²) in [6, 6.07) is 8.34. The number of ether oxygens (including phenoxy) is 1. The van der Waals surface area contributed by atoms with Gasteiger partial charge in [-0.1, -0.05) is 18.2 Å². The number of nitrogens with zero attached hydrogens (tertiary/aromatic N) is 1. The molecule has 0 aliphatic heterocycles. The maximum atomic E-state index is 11.7. The molecule has 2 aromatic rings. The highest BCUT2D eigenvalue weighted by molar-refractivity contribution is 14.1. The summed E-state index contributed by atoms with van der Waals surface area (Å²) < 4.78 is 8.77. The largest absolute Gasteiger partial charge is 0.460 e. The quantitative estimate of drug-likeness (QED) is 0.578. The smallest absolute Gasteiger partial charge is 0.306 e. The predicted octanol–water partition coefficient (Wildman–Crippen LogP) is 4.37. The van der Waals surface area contributed by atoms with E-state index in [4.69, 9.17) is 4.74 Å². The van der Waals surface area contributed by atoms with Crippen molar-refractivity contribution >= 4 is 39.5 Å². The van der Waals surface area contributed by atoms with Gasteiger partial charge in [-0.15, -0.1) is 0 Å². The van der Waals surface area contributed by atoms with Crippen molar-refractivity contribution < 1.29 is 9.53 Å². The molecule has 108 valence electrons. The maximum Gasteiger partial charge on any atom is 0.306 e. The zero-order valence-corrected chi connectivity index (χ0v) is 14.3. The number of aryl methyl sites for hydroxylation is 1. The molecule has 0 atom stereocenters. The molecule has 0 fully saturated rings. The van der Waals surface area contributed by atoms with Gasteiger partial charge >= 0.3 is 5.97 Å². The van der Waals surface area contributed by atoms with Crippen molar-refractivity contribution in [1.29, 1.82) is 0 Å². The second-order valence-corrected chi connectivity index (χ2v) is 7.04. The highest BCUT2D eigenvalue weighted by Crippen LogP contribution is 2.23. The summed E-state index contributed by atoms with van der Waals surface area (Å²) in [6.07, 6.45) is 3.39. The first kappa shape index (κ1) is 15.4. The average Bonchev–Trinajstić information content (AvgIpc) is 2.65. The molecule has 0 saturated carbocycles. The second kappa shape index (κ2) is 6.16. The zero-order chi connectivity index (χ0) is 14.8. The zero-order valence-electron chi connectivity index (χ0n) is 12.1. The molecule has 3 nitrogen and oxygen atoms in total. The van der Waals surface area contributed by atoms with Gasteiger partial charge in [0, 0.05) is 33.6 Å². The van der Waals surface area contributed by atoms with E-state index in [0.717, 1.165) is 13.0 Å². The number of hydrogen-bond acceptors (Lipinski definition) is 2. The topological polar surface area (TPSA) is 31.2 Å². The minimum Gasteiger partial charge on any atom is -0.460 e. The van der Waals surface area contributed by atoms with Crippen LogP contribution in [0.25, 0.3) is 10.9 Å². The van der Waals surface area contributed by atoms with Crippen LogP contribution in [0, 0.1) is 3.57 Å². The number of rotatable bonds is 4. The van der Waals surface area contributed by atoms with Crippen LogP contribution in [0.4, 0.5) is 0 Å². The number of carbonyl (C=O) groups excluding carboxylic acids is 1. The molecule has 0 N–H and O–H groups in total. The van der Waals surface area contributed by atoms with Gasteiger partial charge in [-0.05, 0) is 55.8 Å². The van der Waals surface area contributed by atoms with Crippen LogP contribution in [0.1, 0.15) is 33.6 Å². The van der Waals surface area contributed by atoms with Crippen LogP contribution in [0.5, 0.6) is 0 Å².